The van der Waals surface area contributed by atoms with Crippen LogP contribution in [0.1, 0.15) is 19.4 Å². The Balaban J connectivity index is 2.11. The van der Waals surface area contributed by atoms with Gasteiger partial charge >= 0.3 is 0 Å². The second-order valence-corrected chi connectivity index (χ2v) is 5.80. The quantitative estimate of drug-likeness (QED) is 0.901. The van der Waals surface area contributed by atoms with Crippen LogP contribution in [0.5, 0.6) is 0 Å². The molecule has 0 unspecified atom stereocenters. The summed E-state index contributed by atoms with van der Waals surface area (Å²) in [5.74, 6) is 0.619. The molecular formula is C14H19BrN2O. The number of rotatable bonds is 3. The van der Waals surface area contributed by atoms with Crippen molar-refractivity contribution in [2.24, 2.45) is 11.8 Å². The van der Waals surface area contributed by atoms with Gasteiger partial charge < -0.3 is 10.6 Å². The second-order valence-electron chi connectivity index (χ2n) is 4.89. The number of amides is 1. The van der Waals surface area contributed by atoms with E-state index >= 15 is 0 Å². The monoisotopic (exact) mass is 310 g/mol. The minimum Gasteiger partial charge on any atom is -0.326 e. The van der Waals surface area contributed by atoms with Crippen molar-refractivity contribution in [1.82, 2.24) is 5.32 Å². The number of carbonyl (C=O) groups excluding carboxylic acids is 1. The molecule has 1 amide bonds. The fourth-order valence-electron chi connectivity index (χ4n) is 2.36. The van der Waals surface area contributed by atoms with Crippen molar-refractivity contribution in [3.05, 3.63) is 28.2 Å². The number of nitrogens with one attached hydrogen (secondary N) is 2. The maximum absolute atomic E-state index is 12.2. The lowest BCUT2D eigenvalue weighted by molar-refractivity contribution is -0.120. The molecule has 4 heteroatoms. The van der Waals surface area contributed by atoms with Gasteiger partial charge in [-0.05, 0) is 42.6 Å². The molecule has 1 saturated heterocycles. The van der Waals surface area contributed by atoms with Crippen LogP contribution >= 0.6 is 15.9 Å². The minimum atomic E-state index is 0.0818. The summed E-state index contributed by atoms with van der Waals surface area (Å²) in [6, 6.07) is 5.99. The van der Waals surface area contributed by atoms with Gasteiger partial charge in [-0.1, -0.05) is 29.8 Å². The molecule has 2 atom stereocenters. The molecule has 1 aromatic rings. The van der Waals surface area contributed by atoms with Crippen LogP contribution in [-0.4, -0.2) is 19.0 Å². The van der Waals surface area contributed by atoms with Gasteiger partial charge in [0.25, 0.3) is 0 Å². The molecule has 1 aromatic carbocycles. The summed E-state index contributed by atoms with van der Waals surface area (Å²) in [7, 11) is 0. The fraction of sp³-hybridized carbons (Fsp3) is 0.500. The Morgan fingerprint density at radius 3 is 2.89 bits per heavy atom. The smallest absolute Gasteiger partial charge is 0.229 e. The van der Waals surface area contributed by atoms with E-state index in [1.807, 2.05) is 12.1 Å². The van der Waals surface area contributed by atoms with E-state index in [4.69, 9.17) is 0 Å². The van der Waals surface area contributed by atoms with Crippen LogP contribution in [0.25, 0.3) is 0 Å². The summed E-state index contributed by atoms with van der Waals surface area (Å²) in [4.78, 5) is 12.2. The first kappa shape index (κ1) is 13.6. The van der Waals surface area contributed by atoms with Crippen LogP contribution in [0.3, 0.4) is 0 Å². The lowest BCUT2D eigenvalue weighted by Crippen LogP contribution is -2.28. The van der Waals surface area contributed by atoms with Gasteiger partial charge in [-0.3, -0.25) is 4.79 Å². The summed E-state index contributed by atoms with van der Waals surface area (Å²) in [6.07, 6.45) is 0.910. The van der Waals surface area contributed by atoms with Gasteiger partial charge in [-0.2, -0.15) is 0 Å². The zero-order chi connectivity index (χ0) is 13.1. The fourth-order valence-corrected chi connectivity index (χ4v) is 2.77. The van der Waals surface area contributed by atoms with Crippen molar-refractivity contribution in [2.45, 2.75) is 20.3 Å². The molecule has 1 aliphatic heterocycles. The molecule has 0 bridgehead atoms. The number of carbonyl (C=O) groups is 1. The Morgan fingerprint density at radius 1 is 1.50 bits per heavy atom. The first-order chi connectivity index (χ1) is 8.61. The van der Waals surface area contributed by atoms with Crippen LogP contribution in [0.15, 0.2) is 22.7 Å². The zero-order valence-electron chi connectivity index (χ0n) is 10.8. The van der Waals surface area contributed by atoms with Gasteiger partial charge in [-0.25, -0.2) is 0 Å². The predicted molar refractivity (Wildman–Crippen MR) is 77.7 cm³/mol. The van der Waals surface area contributed by atoms with E-state index in [1.165, 1.54) is 0 Å². The van der Waals surface area contributed by atoms with E-state index in [9.17, 15) is 4.79 Å². The number of benzene rings is 1. The number of halogens is 1. The van der Waals surface area contributed by atoms with Crippen molar-refractivity contribution in [3.8, 4) is 0 Å². The van der Waals surface area contributed by atoms with Crippen LogP contribution in [0.2, 0.25) is 0 Å². The molecule has 0 radical (unpaired) electrons. The van der Waals surface area contributed by atoms with Crippen molar-refractivity contribution in [3.63, 3.8) is 0 Å². The average Bonchev–Trinajstić information content (AvgIpc) is 2.77. The molecule has 1 heterocycles. The van der Waals surface area contributed by atoms with Crippen LogP contribution in [0, 0.1) is 11.8 Å². The summed E-state index contributed by atoms with van der Waals surface area (Å²) in [5.41, 5.74) is 2.10. The van der Waals surface area contributed by atoms with Crippen molar-refractivity contribution >= 4 is 27.5 Å². The number of hydrogen-bond donors (Lipinski definition) is 2. The van der Waals surface area contributed by atoms with Gasteiger partial charge in [-0.15, -0.1) is 0 Å². The highest BCUT2D eigenvalue weighted by Gasteiger charge is 2.29. The number of hydrogen-bond acceptors (Lipinski definition) is 2. The lowest BCUT2D eigenvalue weighted by atomic mass is 9.97. The number of aryl methyl sites for hydroxylation is 1. The molecule has 0 aliphatic carbocycles. The highest BCUT2D eigenvalue weighted by atomic mass is 79.9. The van der Waals surface area contributed by atoms with Crippen LogP contribution in [-0.2, 0) is 11.2 Å². The van der Waals surface area contributed by atoms with Crippen molar-refractivity contribution in [2.75, 3.05) is 18.4 Å². The van der Waals surface area contributed by atoms with E-state index in [0.717, 1.165) is 35.2 Å². The van der Waals surface area contributed by atoms with E-state index in [0.29, 0.717) is 5.92 Å². The molecule has 0 spiro atoms. The summed E-state index contributed by atoms with van der Waals surface area (Å²) in [6.45, 7) is 5.92. The molecule has 18 heavy (non-hydrogen) atoms. The van der Waals surface area contributed by atoms with E-state index in [-0.39, 0.29) is 11.8 Å². The third-order valence-corrected chi connectivity index (χ3v) is 4.05. The van der Waals surface area contributed by atoms with Crippen molar-refractivity contribution < 1.29 is 4.79 Å². The molecule has 0 aromatic heterocycles. The predicted octanol–water partition coefficient (Wildman–Crippen LogP) is 2.81. The third kappa shape index (κ3) is 2.93. The first-order valence-corrected chi connectivity index (χ1v) is 7.21. The standard InChI is InChI=1S/C14H19BrN2O/c1-3-10-6-11(15)4-5-13(10)17-14(18)12-8-16-7-9(12)2/h4-6,9,12,16H,3,7-8H2,1-2H3,(H,17,18)/t9-,12-/m1/s1. The summed E-state index contributed by atoms with van der Waals surface area (Å²) >= 11 is 3.46. The molecule has 3 nitrogen and oxygen atoms in total. The Bertz CT molecular complexity index is 447. The molecule has 2 N–H and O–H groups in total. The topological polar surface area (TPSA) is 41.1 Å². The maximum atomic E-state index is 12.2. The van der Waals surface area contributed by atoms with Gasteiger partial charge in [0, 0.05) is 16.7 Å². The van der Waals surface area contributed by atoms with Gasteiger partial charge in [0.2, 0.25) is 5.91 Å². The Morgan fingerprint density at radius 2 is 2.28 bits per heavy atom. The normalized spacial score (nSPS) is 23.1. The molecule has 1 fully saturated rings. The Labute approximate surface area is 116 Å². The van der Waals surface area contributed by atoms with Gasteiger partial charge in [0.1, 0.15) is 0 Å². The zero-order valence-corrected chi connectivity index (χ0v) is 12.4. The van der Waals surface area contributed by atoms with E-state index in [2.05, 4.69) is 46.5 Å². The molecule has 2 rings (SSSR count). The minimum absolute atomic E-state index is 0.0818. The molecular weight excluding hydrogens is 292 g/mol. The highest BCUT2D eigenvalue weighted by Crippen LogP contribution is 2.24. The summed E-state index contributed by atoms with van der Waals surface area (Å²) < 4.78 is 1.05. The van der Waals surface area contributed by atoms with Crippen molar-refractivity contribution in [1.29, 1.82) is 0 Å². The van der Waals surface area contributed by atoms with Crippen LogP contribution in [0.4, 0.5) is 5.69 Å². The molecule has 0 saturated carbocycles. The molecule has 1 aliphatic rings. The third-order valence-electron chi connectivity index (χ3n) is 3.56. The number of anilines is 1. The van der Waals surface area contributed by atoms with E-state index < -0.39 is 0 Å². The summed E-state index contributed by atoms with van der Waals surface area (Å²) in [5, 5.41) is 6.32. The SMILES string of the molecule is CCc1cc(Br)ccc1NC(=O)[C@@H]1CNC[C@H]1C. The van der Waals surface area contributed by atoms with Gasteiger partial charge in [0.05, 0.1) is 5.92 Å². The average molecular weight is 311 g/mol. The largest absolute Gasteiger partial charge is 0.326 e. The van der Waals surface area contributed by atoms with Crippen LogP contribution < -0.4 is 10.6 Å². The maximum Gasteiger partial charge on any atom is 0.229 e. The van der Waals surface area contributed by atoms with E-state index in [1.54, 1.807) is 0 Å². The lowest BCUT2D eigenvalue weighted by Gasteiger charge is -2.16. The highest BCUT2D eigenvalue weighted by molar-refractivity contribution is 9.10. The first-order valence-electron chi connectivity index (χ1n) is 6.41. The Kier molecular flexibility index (Phi) is 4.40. The second kappa shape index (κ2) is 5.85. The molecule has 98 valence electrons. The van der Waals surface area contributed by atoms with Gasteiger partial charge in [0.15, 0.2) is 0 Å². The Hall–Kier alpha value is -0.870.